The number of rotatable bonds is 8. The molecule has 0 spiro atoms. The Hall–Kier alpha value is 0. The Balaban J connectivity index is 4.28. The van der Waals surface area contributed by atoms with Gasteiger partial charge in [-0.25, -0.2) is 0 Å². The first-order valence-corrected chi connectivity index (χ1v) is 6.95. The fourth-order valence-corrected chi connectivity index (χ4v) is 2.39. The van der Waals surface area contributed by atoms with E-state index in [2.05, 4.69) is 41.5 Å². The van der Waals surface area contributed by atoms with E-state index in [9.17, 15) is 0 Å². The molecule has 0 aromatic carbocycles. The molecule has 0 heteroatoms. The molecule has 0 aliphatic carbocycles. The van der Waals surface area contributed by atoms with Crippen molar-refractivity contribution in [3.05, 3.63) is 0 Å². The molecule has 0 amide bonds. The fourth-order valence-electron chi connectivity index (χ4n) is 2.39. The van der Waals surface area contributed by atoms with Crippen LogP contribution in [0.4, 0.5) is 0 Å². The molecule has 15 heavy (non-hydrogen) atoms. The average Bonchev–Trinajstić information content (AvgIpc) is 2.24. The summed E-state index contributed by atoms with van der Waals surface area (Å²) in [5, 5.41) is 0. The Morgan fingerprint density at radius 2 is 1.20 bits per heavy atom. The highest BCUT2D eigenvalue weighted by atomic mass is 14.3. The third kappa shape index (κ3) is 5.04. The van der Waals surface area contributed by atoms with Gasteiger partial charge in [-0.05, 0) is 30.1 Å². The van der Waals surface area contributed by atoms with Crippen LogP contribution in [0, 0.1) is 10.8 Å². The molecule has 0 N–H and O–H groups in total. The molecule has 0 atom stereocenters. The Labute approximate surface area is 97.8 Å². The summed E-state index contributed by atoms with van der Waals surface area (Å²) < 4.78 is 0. The third-order valence-electron chi connectivity index (χ3n) is 4.57. The van der Waals surface area contributed by atoms with E-state index < -0.39 is 0 Å². The minimum atomic E-state index is 0.545. The van der Waals surface area contributed by atoms with Gasteiger partial charge in [0.25, 0.3) is 0 Å². The van der Waals surface area contributed by atoms with Crippen LogP contribution in [0.1, 0.15) is 86.5 Å². The first-order valence-electron chi connectivity index (χ1n) is 6.95. The summed E-state index contributed by atoms with van der Waals surface area (Å²) in [6, 6.07) is 0. The lowest BCUT2D eigenvalue weighted by atomic mass is 9.70. The van der Waals surface area contributed by atoms with E-state index in [0.29, 0.717) is 10.8 Å². The maximum Gasteiger partial charge on any atom is -0.0303 e. The van der Waals surface area contributed by atoms with E-state index in [1.807, 2.05) is 0 Å². The Morgan fingerprint density at radius 1 is 0.667 bits per heavy atom. The molecule has 0 fully saturated rings. The quantitative estimate of drug-likeness (QED) is 0.476. The van der Waals surface area contributed by atoms with Gasteiger partial charge in [-0.1, -0.05) is 67.2 Å². The third-order valence-corrected chi connectivity index (χ3v) is 4.57. The summed E-state index contributed by atoms with van der Waals surface area (Å²) in [7, 11) is 0. The Morgan fingerprint density at radius 3 is 1.53 bits per heavy atom. The predicted molar refractivity (Wildman–Crippen MR) is 71.2 cm³/mol. The van der Waals surface area contributed by atoms with Gasteiger partial charge in [-0.15, -0.1) is 0 Å². The summed E-state index contributed by atoms with van der Waals surface area (Å²) in [5.41, 5.74) is 1.19. The zero-order valence-electron chi connectivity index (χ0n) is 11.9. The first kappa shape index (κ1) is 15.0. The zero-order valence-corrected chi connectivity index (χ0v) is 11.9. The lowest BCUT2D eigenvalue weighted by Crippen LogP contribution is -2.22. The molecule has 0 aliphatic heterocycles. The van der Waals surface area contributed by atoms with Crippen LogP contribution in [0.25, 0.3) is 0 Å². The maximum atomic E-state index is 2.41. The largest absolute Gasteiger partial charge is 0.0654 e. The van der Waals surface area contributed by atoms with Crippen molar-refractivity contribution >= 4 is 0 Å². The highest BCUT2D eigenvalue weighted by Gasteiger charge is 2.27. The molecule has 0 aromatic heterocycles. The van der Waals surface area contributed by atoms with E-state index in [1.165, 1.54) is 44.9 Å². The van der Waals surface area contributed by atoms with Crippen LogP contribution in [0.2, 0.25) is 0 Å². The second kappa shape index (κ2) is 6.55. The summed E-state index contributed by atoms with van der Waals surface area (Å²) in [6.45, 7) is 14.2. The molecule has 0 nitrogen and oxygen atoms in total. The monoisotopic (exact) mass is 212 g/mol. The van der Waals surface area contributed by atoms with Gasteiger partial charge in [0.05, 0.1) is 0 Å². The molecule has 0 saturated heterocycles. The van der Waals surface area contributed by atoms with Gasteiger partial charge >= 0.3 is 0 Å². The highest BCUT2D eigenvalue weighted by molar-refractivity contribution is 4.79. The van der Waals surface area contributed by atoms with Crippen molar-refractivity contribution in [1.82, 2.24) is 0 Å². The predicted octanol–water partition coefficient (Wildman–Crippen LogP) is 5.81. The molecule has 0 aliphatic rings. The highest BCUT2D eigenvalue weighted by Crippen LogP contribution is 2.41. The van der Waals surface area contributed by atoms with E-state index in [4.69, 9.17) is 0 Å². The van der Waals surface area contributed by atoms with Gasteiger partial charge < -0.3 is 0 Å². The molecule has 0 heterocycles. The Kier molecular flexibility index (Phi) is 6.55. The smallest absolute Gasteiger partial charge is 0.0303 e. The molecular weight excluding hydrogens is 180 g/mol. The van der Waals surface area contributed by atoms with Gasteiger partial charge in [0.1, 0.15) is 0 Å². The fraction of sp³-hybridized carbons (Fsp3) is 1.00. The number of hydrogen-bond acceptors (Lipinski definition) is 0. The van der Waals surface area contributed by atoms with Crippen molar-refractivity contribution in [3.8, 4) is 0 Å². The van der Waals surface area contributed by atoms with Crippen molar-refractivity contribution in [2.24, 2.45) is 10.8 Å². The van der Waals surface area contributed by atoms with E-state index in [0.717, 1.165) is 0 Å². The van der Waals surface area contributed by atoms with Crippen LogP contribution in [-0.4, -0.2) is 0 Å². The lowest BCUT2D eigenvalue weighted by molar-refractivity contribution is 0.169. The van der Waals surface area contributed by atoms with Crippen LogP contribution in [0.3, 0.4) is 0 Å². The summed E-state index contributed by atoms with van der Waals surface area (Å²) >= 11 is 0. The van der Waals surface area contributed by atoms with Crippen LogP contribution >= 0.6 is 0 Å². The Bertz CT molecular complexity index is 151. The van der Waals surface area contributed by atoms with Gasteiger partial charge in [-0.2, -0.15) is 0 Å². The minimum Gasteiger partial charge on any atom is -0.0654 e. The van der Waals surface area contributed by atoms with E-state index in [-0.39, 0.29) is 0 Å². The van der Waals surface area contributed by atoms with Crippen molar-refractivity contribution in [3.63, 3.8) is 0 Å². The van der Waals surface area contributed by atoms with Gasteiger partial charge in [0.15, 0.2) is 0 Å². The van der Waals surface area contributed by atoms with Crippen LogP contribution in [-0.2, 0) is 0 Å². The molecule has 0 aromatic rings. The van der Waals surface area contributed by atoms with E-state index in [1.54, 1.807) is 0 Å². The molecule has 0 radical (unpaired) electrons. The maximum absolute atomic E-state index is 2.41. The summed E-state index contributed by atoms with van der Waals surface area (Å²) in [5.74, 6) is 0. The molecule has 0 saturated carbocycles. The van der Waals surface area contributed by atoms with Gasteiger partial charge in [0, 0.05) is 0 Å². The molecular formula is C15H32. The van der Waals surface area contributed by atoms with Crippen LogP contribution < -0.4 is 0 Å². The molecule has 0 unspecified atom stereocenters. The van der Waals surface area contributed by atoms with Crippen molar-refractivity contribution < 1.29 is 0 Å². The summed E-state index contributed by atoms with van der Waals surface area (Å²) in [4.78, 5) is 0. The second-order valence-corrected chi connectivity index (χ2v) is 5.97. The standard InChI is InChI=1S/C15H32/c1-7-11-15(9-3,10-4)13-12-14(5,6)8-2/h7-13H2,1-6H3. The van der Waals surface area contributed by atoms with Gasteiger partial charge in [0.2, 0.25) is 0 Å². The van der Waals surface area contributed by atoms with Crippen molar-refractivity contribution in [2.75, 3.05) is 0 Å². The second-order valence-electron chi connectivity index (χ2n) is 5.97. The normalized spacial score (nSPS) is 13.2. The van der Waals surface area contributed by atoms with E-state index >= 15 is 0 Å². The molecule has 92 valence electrons. The van der Waals surface area contributed by atoms with Crippen molar-refractivity contribution in [2.45, 2.75) is 86.5 Å². The first-order chi connectivity index (χ1) is 6.95. The molecule has 0 bridgehead atoms. The average molecular weight is 212 g/mol. The topological polar surface area (TPSA) is 0 Å². The minimum absolute atomic E-state index is 0.545. The zero-order chi connectivity index (χ0) is 11.9. The summed E-state index contributed by atoms with van der Waals surface area (Å²) in [6.07, 6.45) is 9.60. The number of hydrogen-bond donors (Lipinski definition) is 0. The SMILES string of the molecule is CCCC(CC)(CC)CCC(C)(C)CC. The van der Waals surface area contributed by atoms with Crippen LogP contribution in [0.15, 0.2) is 0 Å². The lowest BCUT2D eigenvalue weighted by Gasteiger charge is -2.35. The van der Waals surface area contributed by atoms with Crippen molar-refractivity contribution in [1.29, 1.82) is 0 Å². The molecule has 0 rings (SSSR count). The van der Waals surface area contributed by atoms with Crippen LogP contribution in [0.5, 0.6) is 0 Å². The van der Waals surface area contributed by atoms with Gasteiger partial charge in [-0.3, -0.25) is 0 Å².